The summed E-state index contributed by atoms with van der Waals surface area (Å²) in [6.45, 7) is 3.16. The zero-order chi connectivity index (χ0) is 15.1. The third kappa shape index (κ3) is 4.65. The number of thiazole rings is 1. The Kier molecular flexibility index (Phi) is 5.90. The second kappa shape index (κ2) is 7.90. The number of carbonyl (C=O) groups excluding carboxylic acids is 1. The van der Waals surface area contributed by atoms with Crippen molar-refractivity contribution in [3.8, 4) is 0 Å². The molecule has 0 aliphatic heterocycles. The third-order valence-corrected chi connectivity index (χ3v) is 4.21. The highest BCUT2D eigenvalue weighted by Crippen LogP contribution is 2.20. The number of nitrogens with one attached hydrogen (secondary N) is 1. The van der Waals surface area contributed by atoms with E-state index in [9.17, 15) is 4.79 Å². The van der Waals surface area contributed by atoms with Crippen molar-refractivity contribution >= 4 is 17.2 Å². The molecular formula is C16H20N2O2S. The van der Waals surface area contributed by atoms with Crippen molar-refractivity contribution in [2.75, 3.05) is 20.3 Å². The minimum Gasteiger partial charge on any atom is -0.385 e. The maximum absolute atomic E-state index is 12.1. The highest BCUT2D eigenvalue weighted by molar-refractivity contribution is 7.13. The first-order chi connectivity index (χ1) is 10.2. The van der Waals surface area contributed by atoms with Gasteiger partial charge in [-0.15, -0.1) is 11.3 Å². The standard InChI is InChI=1S/C16H20N2O2S/c1-12-15(16(19)17-9-6-10-20-2)21-14(18-12)11-13-7-4-3-5-8-13/h3-5,7-8H,6,9-11H2,1-2H3,(H,17,19). The van der Waals surface area contributed by atoms with Crippen LogP contribution in [0.15, 0.2) is 30.3 Å². The molecule has 0 aliphatic carbocycles. The quantitative estimate of drug-likeness (QED) is 0.800. The Hall–Kier alpha value is -1.72. The van der Waals surface area contributed by atoms with Gasteiger partial charge in [-0.3, -0.25) is 4.79 Å². The van der Waals surface area contributed by atoms with Crippen LogP contribution < -0.4 is 5.32 Å². The molecular weight excluding hydrogens is 284 g/mol. The van der Waals surface area contributed by atoms with Crippen LogP contribution in [0, 0.1) is 6.92 Å². The van der Waals surface area contributed by atoms with E-state index in [1.807, 2.05) is 25.1 Å². The Labute approximate surface area is 129 Å². The van der Waals surface area contributed by atoms with E-state index < -0.39 is 0 Å². The number of methoxy groups -OCH3 is 1. The van der Waals surface area contributed by atoms with Crippen LogP contribution in [0.3, 0.4) is 0 Å². The van der Waals surface area contributed by atoms with E-state index in [-0.39, 0.29) is 5.91 Å². The van der Waals surface area contributed by atoms with Crippen molar-refractivity contribution in [3.05, 3.63) is 51.5 Å². The molecule has 0 fully saturated rings. The summed E-state index contributed by atoms with van der Waals surface area (Å²) in [6.07, 6.45) is 1.58. The average Bonchev–Trinajstić information content (AvgIpc) is 2.85. The topological polar surface area (TPSA) is 51.2 Å². The minimum atomic E-state index is -0.0413. The highest BCUT2D eigenvalue weighted by Gasteiger charge is 2.14. The molecule has 0 unspecified atom stereocenters. The fourth-order valence-electron chi connectivity index (χ4n) is 2.01. The summed E-state index contributed by atoms with van der Waals surface area (Å²) in [6, 6.07) is 10.2. The van der Waals surface area contributed by atoms with Gasteiger partial charge < -0.3 is 10.1 Å². The van der Waals surface area contributed by atoms with Crippen LogP contribution in [0.25, 0.3) is 0 Å². The molecule has 5 heteroatoms. The van der Waals surface area contributed by atoms with E-state index in [0.717, 1.165) is 23.5 Å². The first kappa shape index (κ1) is 15.7. The molecule has 1 aromatic heterocycles. The number of rotatable bonds is 7. The van der Waals surface area contributed by atoms with Crippen molar-refractivity contribution in [1.82, 2.24) is 10.3 Å². The number of carbonyl (C=O) groups is 1. The van der Waals surface area contributed by atoms with Crippen molar-refractivity contribution in [3.63, 3.8) is 0 Å². The Morgan fingerprint density at radius 2 is 2.10 bits per heavy atom. The number of benzene rings is 1. The molecule has 1 amide bonds. The van der Waals surface area contributed by atoms with Gasteiger partial charge in [-0.2, -0.15) is 0 Å². The highest BCUT2D eigenvalue weighted by atomic mass is 32.1. The van der Waals surface area contributed by atoms with Crippen molar-refractivity contribution in [2.45, 2.75) is 19.8 Å². The third-order valence-electron chi connectivity index (χ3n) is 3.06. The van der Waals surface area contributed by atoms with Gasteiger partial charge in [0.15, 0.2) is 0 Å². The first-order valence-electron chi connectivity index (χ1n) is 6.98. The molecule has 0 atom stereocenters. The molecule has 0 radical (unpaired) electrons. The fourth-order valence-corrected chi connectivity index (χ4v) is 3.02. The second-order valence-corrected chi connectivity index (χ2v) is 5.87. The van der Waals surface area contributed by atoms with E-state index in [1.54, 1.807) is 7.11 Å². The maximum atomic E-state index is 12.1. The molecule has 0 aliphatic rings. The van der Waals surface area contributed by atoms with E-state index in [1.165, 1.54) is 16.9 Å². The van der Waals surface area contributed by atoms with E-state index in [0.29, 0.717) is 18.0 Å². The molecule has 2 rings (SSSR count). The molecule has 0 bridgehead atoms. The number of amides is 1. The Bertz CT molecular complexity index is 581. The smallest absolute Gasteiger partial charge is 0.263 e. The number of nitrogens with zero attached hydrogens (tertiary/aromatic N) is 1. The van der Waals surface area contributed by atoms with Crippen LogP contribution in [0.2, 0.25) is 0 Å². The first-order valence-corrected chi connectivity index (χ1v) is 7.79. The van der Waals surface area contributed by atoms with Crippen molar-refractivity contribution in [1.29, 1.82) is 0 Å². The molecule has 0 spiro atoms. The van der Waals surface area contributed by atoms with Gasteiger partial charge in [0.1, 0.15) is 4.88 Å². The zero-order valence-corrected chi connectivity index (χ0v) is 13.2. The number of aromatic nitrogens is 1. The van der Waals surface area contributed by atoms with Crippen LogP contribution in [0.5, 0.6) is 0 Å². The lowest BCUT2D eigenvalue weighted by molar-refractivity contribution is 0.0952. The van der Waals surface area contributed by atoms with Crippen LogP contribution in [-0.2, 0) is 11.2 Å². The fraction of sp³-hybridized carbons (Fsp3) is 0.375. The van der Waals surface area contributed by atoms with Gasteiger partial charge >= 0.3 is 0 Å². The molecule has 2 aromatic rings. The molecule has 0 saturated carbocycles. The maximum Gasteiger partial charge on any atom is 0.263 e. The van der Waals surface area contributed by atoms with E-state index >= 15 is 0 Å². The minimum absolute atomic E-state index is 0.0413. The van der Waals surface area contributed by atoms with Crippen LogP contribution >= 0.6 is 11.3 Å². The number of hydrogen-bond acceptors (Lipinski definition) is 4. The van der Waals surface area contributed by atoms with Crippen LogP contribution in [-0.4, -0.2) is 31.2 Å². The average molecular weight is 304 g/mol. The van der Waals surface area contributed by atoms with Crippen LogP contribution in [0.1, 0.15) is 32.4 Å². The lowest BCUT2D eigenvalue weighted by atomic mass is 10.2. The molecule has 1 aromatic carbocycles. The van der Waals surface area contributed by atoms with Gasteiger partial charge in [0, 0.05) is 26.7 Å². The summed E-state index contributed by atoms with van der Waals surface area (Å²) in [5.74, 6) is -0.0413. The van der Waals surface area contributed by atoms with Gasteiger partial charge in [-0.05, 0) is 18.9 Å². The predicted molar refractivity (Wildman–Crippen MR) is 84.9 cm³/mol. The van der Waals surface area contributed by atoms with Crippen LogP contribution in [0.4, 0.5) is 0 Å². The Morgan fingerprint density at radius 1 is 1.33 bits per heavy atom. The molecule has 1 N–H and O–H groups in total. The Morgan fingerprint density at radius 3 is 2.81 bits per heavy atom. The predicted octanol–water partition coefficient (Wildman–Crippen LogP) is 2.81. The summed E-state index contributed by atoms with van der Waals surface area (Å²) in [7, 11) is 1.66. The summed E-state index contributed by atoms with van der Waals surface area (Å²) in [5.41, 5.74) is 2.01. The summed E-state index contributed by atoms with van der Waals surface area (Å²) < 4.78 is 4.96. The largest absolute Gasteiger partial charge is 0.385 e. The second-order valence-electron chi connectivity index (χ2n) is 4.79. The SMILES string of the molecule is COCCCNC(=O)c1sc(Cc2ccccc2)nc1C. The van der Waals surface area contributed by atoms with E-state index in [4.69, 9.17) is 4.74 Å². The summed E-state index contributed by atoms with van der Waals surface area (Å²) >= 11 is 1.47. The number of ether oxygens (including phenoxy) is 1. The van der Waals surface area contributed by atoms with Gasteiger partial charge in [0.05, 0.1) is 10.7 Å². The lowest BCUT2D eigenvalue weighted by Crippen LogP contribution is -2.24. The van der Waals surface area contributed by atoms with Crippen molar-refractivity contribution < 1.29 is 9.53 Å². The monoisotopic (exact) mass is 304 g/mol. The normalized spacial score (nSPS) is 10.6. The van der Waals surface area contributed by atoms with Crippen molar-refractivity contribution in [2.24, 2.45) is 0 Å². The lowest BCUT2D eigenvalue weighted by Gasteiger charge is -2.03. The Balaban J connectivity index is 1.97. The van der Waals surface area contributed by atoms with E-state index in [2.05, 4.69) is 22.4 Å². The molecule has 112 valence electrons. The molecule has 4 nitrogen and oxygen atoms in total. The molecule has 0 saturated heterocycles. The summed E-state index contributed by atoms with van der Waals surface area (Å²) in [5, 5.41) is 3.88. The van der Waals surface area contributed by atoms with Gasteiger partial charge in [0.2, 0.25) is 0 Å². The number of aryl methyl sites for hydroxylation is 1. The zero-order valence-electron chi connectivity index (χ0n) is 12.4. The van der Waals surface area contributed by atoms with Gasteiger partial charge in [-0.1, -0.05) is 30.3 Å². The molecule has 1 heterocycles. The van der Waals surface area contributed by atoms with Gasteiger partial charge in [-0.25, -0.2) is 4.98 Å². The molecule has 21 heavy (non-hydrogen) atoms. The number of hydrogen-bond donors (Lipinski definition) is 1. The summed E-state index contributed by atoms with van der Waals surface area (Å²) in [4.78, 5) is 17.3. The van der Waals surface area contributed by atoms with Gasteiger partial charge in [0.25, 0.3) is 5.91 Å².